The maximum atomic E-state index is 14.5. The largest absolute Gasteiger partial charge is 0.416 e. The van der Waals surface area contributed by atoms with E-state index in [1.807, 2.05) is 0 Å². The van der Waals surface area contributed by atoms with Crippen LogP contribution in [-0.4, -0.2) is 19.5 Å². The molecule has 0 saturated heterocycles. The molecule has 0 unspecified atom stereocenters. The van der Waals surface area contributed by atoms with Gasteiger partial charge in [-0.05, 0) is 43.3 Å². The number of nitrogen functional groups attached to an aromatic ring is 1. The third kappa shape index (κ3) is 3.43. The molecular weight excluding hydrogens is 407 g/mol. The van der Waals surface area contributed by atoms with Gasteiger partial charge in [0.2, 0.25) is 11.8 Å². The van der Waals surface area contributed by atoms with Crippen LogP contribution in [0.25, 0.3) is 17.0 Å². The van der Waals surface area contributed by atoms with Crippen molar-refractivity contribution in [2.24, 2.45) is 0 Å². The van der Waals surface area contributed by atoms with E-state index in [2.05, 4.69) is 32.4 Å². The quantitative estimate of drug-likeness (QED) is 0.484. The first-order valence-corrected chi connectivity index (χ1v) is 8.39. The van der Waals surface area contributed by atoms with Crippen molar-refractivity contribution < 1.29 is 22.0 Å². The van der Waals surface area contributed by atoms with Crippen LogP contribution in [0, 0.1) is 30.7 Å². The summed E-state index contributed by atoms with van der Waals surface area (Å²) < 4.78 is 67.6. The van der Waals surface area contributed by atoms with Gasteiger partial charge in [0, 0.05) is 11.8 Å². The fraction of sp³-hybridized carbons (Fsp3) is 0.105. The molecule has 152 valence electrons. The highest BCUT2D eigenvalue weighted by Gasteiger charge is 2.30. The Hall–Kier alpha value is -3.94. The summed E-state index contributed by atoms with van der Waals surface area (Å²) in [5, 5.41) is 2.58. The number of alkyl halides is 3. The molecule has 30 heavy (non-hydrogen) atoms. The van der Waals surface area contributed by atoms with Gasteiger partial charge in [-0.1, -0.05) is 0 Å². The monoisotopic (exact) mass is 418 g/mol. The van der Waals surface area contributed by atoms with Crippen molar-refractivity contribution in [2.75, 3.05) is 11.1 Å². The zero-order chi connectivity index (χ0) is 21.6. The number of benzene rings is 1. The van der Waals surface area contributed by atoms with Crippen molar-refractivity contribution >= 4 is 28.4 Å². The number of rotatable bonds is 3. The summed E-state index contributed by atoms with van der Waals surface area (Å²) in [7, 11) is 0. The fourth-order valence-corrected chi connectivity index (χ4v) is 2.82. The van der Waals surface area contributed by atoms with Crippen LogP contribution in [0.2, 0.25) is 0 Å². The smallest absolute Gasteiger partial charge is 0.381 e. The molecule has 0 radical (unpaired) electrons. The summed E-state index contributed by atoms with van der Waals surface area (Å²) in [6, 6.07) is 9.87. The number of aromatic nitrogens is 4. The molecule has 0 amide bonds. The lowest BCUT2D eigenvalue weighted by atomic mass is 10.2. The van der Waals surface area contributed by atoms with Gasteiger partial charge in [-0.15, -0.1) is 0 Å². The van der Waals surface area contributed by atoms with Gasteiger partial charge in [0.15, 0.2) is 17.5 Å². The SMILES string of the molecule is Cc1nc2c#cc(F)cc2n1-c1nc(N)c(F)c(Nc2ccc(C(F)(F)F)cc2)n1. The van der Waals surface area contributed by atoms with E-state index in [4.69, 9.17) is 5.73 Å². The summed E-state index contributed by atoms with van der Waals surface area (Å²) in [5.41, 5.74) is 5.49. The zero-order valence-corrected chi connectivity index (χ0v) is 15.1. The third-order valence-corrected chi connectivity index (χ3v) is 4.18. The van der Waals surface area contributed by atoms with Crippen LogP contribution >= 0.6 is 0 Å². The number of nitrogens with two attached hydrogens (primary N) is 1. The van der Waals surface area contributed by atoms with Crippen LogP contribution in [0.4, 0.5) is 39.3 Å². The number of halogens is 5. The molecule has 0 fully saturated rings. The highest BCUT2D eigenvalue weighted by atomic mass is 19.4. The number of nitrogens with zero attached hydrogens (tertiary/aromatic N) is 4. The minimum Gasteiger partial charge on any atom is -0.381 e. The molecule has 4 rings (SSSR count). The lowest BCUT2D eigenvalue weighted by Gasteiger charge is -2.12. The van der Waals surface area contributed by atoms with Gasteiger partial charge in [-0.25, -0.2) is 4.98 Å². The summed E-state index contributed by atoms with van der Waals surface area (Å²) in [4.78, 5) is 12.1. The second-order valence-corrected chi connectivity index (χ2v) is 6.24. The first-order chi connectivity index (χ1) is 14.1. The molecule has 2 aromatic carbocycles. The first-order valence-electron chi connectivity index (χ1n) is 8.39. The highest BCUT2D eigenvalue weighted by molar-refractivity contribution is 5.76. The van der Waals surface area contributed by atoms with Crippen molar-refractivity contribution in [2.45, 2.75) is 13.1 Å². The molecule has 0 aliphatic heterocycles. The lowest BCUT2D eigenvalue weighted by molar-refractivity contribution is -0.137. The van der Waals surface area contributed by atoms with E-state index < -0.39 is 29.2 Å². The molecule has 2 heterocycles. The van der Waals surface area contributed by atoms with Gasteiger partial charge in [0.05, 0.1) is 11.1 Å². The summed E-state index contributed by atoms with van der Waals surface area (Å²) in [6.45, 7) is 1.59. The predicted octanol–water partition coefficient (Wildman–Crippen LogP) is 4.35. The third-order valence-electron chi connectivity index (χ3n) is 4.18. The van der Waals surface area contributed by atoms with Crippen LogP contribution in [0.1, 0.15) is 11.4 Å². The second kappa shape index (κ2) is 6.84. The Morgan fingerprint density at radius 2 is 1.73 bits per heavy atom. The predicted molar refractivity (Wildman–Crippen MR) is 98.1 cm³/mol. The minimum absolute atomic E-state index is 0.109. The highest BCUT2D eigenvalue weighted by Crippen LogP contribution is 2.31. The van der Waals surface area contributed by atoms with Gasteiger partial charge in [0.1, 0.15) is 11.3 Å². The Labute approximate surface area is 166 Å². The number of hydrogen-bond acceptors (Lipinski definition) is 5. The molecular formula is C19H11F5N6. The van der Waals surface area contributed by atoms with Gasteiger partial charge in [-0.3, -0.25) is 4.57 Å². The van der Waals surface area contributed by atoms with E-state index in [0.717, 1.165) is 30.3 Å². The first kappa shape index (κ1) is 19.4. The Kier molecular flexibility index (Phi) is 4.42. The number of imidazole rings is 1. The van der Waals surface area contributed by atoms with Crippen LogP contribution < -0.4 is 11.1 Å². The average molecular weight is 418 g/mol. The second-order valence-electron chi connectivity index (χ2n) is 6.24. The summed E-state index contributed by atoms with van der Waals surface area (Å²) in [6.07, 6.45) is -4.50. The normalized spacial score (nSPS) is 11.5. The number of nitrogens with one attached hydrogen (secondary N) is 1. The average Bonchev–Trinajstić information content (AvgIpc) is 3.00. The van der Waals surface area contributed by atoms with Crippen molar-refractivity contribution in [1.82, 2.24) is 19.5 Å². The molecule has 3 N–H and O–H groups in total. The van der Waals surface area contributed by atoms with Gasteiger partial charge >= 0.3 is 6.18 Å². The van der Waals surface area contributed by atoms with E-state index >= 15 is 0 Å². The molecule has 0 spiro atoms. The molecule has 11 heteroatoms. The van der Waals surface area contributed by atoms with E-state index in [-0.39, 0.29) is 28.5 Å². The van der Waals surface area contributed by atoms with Crippen molar-refractivity contribution in [3.63, 3.8) is 0 Å². The minimum atomic E-state index is -4.50. The topological polar surface area (TPSA) is 81.7 Å². The van der Waals surface area contributed by atoms with Gasteiger partial charge in [0.25, 0.3) is 0 Å². The number of hydrogen-bond donors (Lipinski definition) is 2. The van der Waals surface area contributed by atoms with Gasteiger partial charge < -0.3 is 11.1 Å². The lowest BCUT2D eigenvalue weighted by Crippen LogP contribution is -2.11. The number of aryl methyl sites for hydroxylation is 1. The molecule has 0 aliphatic rings. The van der Waals surface area contributed by atoms with Gasteiger partial charge in [-0.2, -0.15) is 31.9 Å². The zero-order valence-electron chi connectivity index (χ0n) is 15.1. The van der Waals surface area contributed by atoms with Crippen LogP contribution in [-0.2, 0) is 6.18 Å². The van der Waals surface area contributed by atoms with Crippen molar-refractivity contribution in [3.8, 4) is 5.95 Å². The molecule has 4 aromatic rings. The Balaban J connectivity index is 1.77. The molecule has 0 saturated carbocycles. The number of anilines is 3. The molecule has 0 atom stereocenters. The molecule has 0 aliphatic carbocycles. The summed E-state index contributed by atoms with van der Waals surface area (Å²) >= 11 is 0. The number of fused-ring (bicyclic) bond motifs is 1. The maximum Gasteiger partial charge on any atom is 0.416 e. The van der Waals surface area contributed by atoms with E-state index in [9.17, 15) is 22.0 Å². The van der Waals surface area contributed by atoms with Crippen LogP contribution in [0.3, 0.4) is 0 Å². The molecule has 0 bridgehead atoms. The van der Waals surface area contributed by atoms with E-state index in [1.54, 1.807) is 6.92 Å². The fourth-order valence-electron chi connectivity index (χ4n) is 2.82. The van der Waals surface area contributed by atoms with E-state index in [0.29, 0.717) is 5.82 Å². The molecule has 2 aromatic heterocycles. The Morgan fingerprint density at radius 3 is 2.40 bits per heavy atom. The van der Waals surface area contributed by atoms with Crippen molar-refractivity contribution in [3.05, 3.63) is 65.5 Å². The standard InChI is InChI=1S/C19H11F5N6/c1-9-26-13-7-4-11(20)8-14(13)30(9)18-28-16(25)15(21)17(29-18)27-12-5-2-10(3-6-12)19(22,23)24/h2-3,5-6,8H,1H3,(H3,25,27,28,29). The Morgan fingerprint density at radius 1 is 1.03 bits per heavy atom. The molecule has 6 nitrogen and oxygen atoms in total. The van der Waals surface area contributed by atoms with Crippen LogP contribution in [0.5, 0.6) is 0 Å². The van der Waals surface area contributed by atoms with Crippen molar-refractivity contribution in [1.29, 1.82) is 0 Å². The Bertz CT molecular complexity index is 1250. The van der Waals surface area contributed by atoms with E-state index in [1.165, 1.54) is 4.57 Å². The maximum absolute atomic E-state index is 14.5. The van der Waals surface area contributed by atoms with Crippen LogP contribution in [0.15, 0.2) is 30.3 Å². The summed E-state index contributed by atoms with van der Waals surface area (Å²) in [5.74, 6) is -2.32.